The fourth-order valence-corrected chi connectivity index (χ4v) is 1.25. The van der Waals surface area contributed by atoms with Gasteiger partial charge in [-0.05, 0) is 34.7 Å². The van der Waals surface area contributed by atoms with Crippen molar-refractivity contribution < 1.29 is 9.13 Å². The first-order valence-corrected chi connectivity index (χ1v) is 4.29. The fourth-order valence-electron chi connectivity index (χ4n) is 0.661. The molecule has 0 aliphatic heterocycles. The molecule has 0 unspecified atom stereocenters. The number of hydrogen-bond donors (Lipinski definition) is 0. The van der Waals surface area contributed by atoms with Crippen LogP contribution in [-0.4, -0.2) is 7.11 Å². The summed E-state index contributed by atoms with van der Waals surface area (Å²) in [5.74, 6) is -0.211. The Morgan fingerprint density at radius 1 is 1.55 bits per heavy atom. The van der Waals surface area contributed by atoms with Crippen molar-refractivity contribution in [3.05, 3.63) is 26.5 Å². The summed E-state index contributed by atoms with van der Waals surface area (Å²) < 4.78 is 18.3. The van der Waals surface area contributed by atoms with E-state index in [1.54, 1.807) is 6.07 Å². The average Bonchev–Trinajstić information content (AvgIpc) is 1.97. The molecule has 0 radical (unpaired) electrons. The van der Waals surface area contributed by atoms with E-state index >= 15 is 0 Å². The average molecular weight is 286 g/mol. The monoisotopic (exact) mass is 286 g/mol. The molecule has 0 atom stereocenters. The molecule has 1 aromatic carbocycles. The zero-order valence-corrected chi connectivity index (χ0v) is 8.61. The van der Waals surface area contributed by atoms with Gasteiger partial charge in [0, 0.05) is 3.57 Å². The summed E-state index contributed by atoms with van der Waals surface area (Å²) in [4.78, 5) is 0. The van der Waals surface area contributed by atoms with E-state index in [0.29, 0.717) is 5.02 Å². The number of halogens is 3. The topological polar surface area (TPSA) is 9.23 Å². The smallest absolute Gasteiger partial charge is 0.166 e. The number of rotatable bonds is 1. The van der Waals surface area contributed by atoms with Crippen molar-refractivity contribution in [2.45, 2.75) is 0 Å². The maximum absolute atomic E-state index is 12.8. The molecular weight excluding hydrogens is 281 g/mol. The van der Waals surface area contributed by atoms with Crippen molar-refractivity contribution in [2.24, 2.45) is 0 Å². The lowest BCUT2D eigenvalue weighted by atomic mass is 10.3. The highest BCUT2D eigenvalue weighted by Crippen LogP contribution is 2.26. The standard InChI is InChI=1S/C7H5ClFIO/c1-11-7-3-6(10)4(8)2-5(7)9/h2-3H,1H3. The number of ether oxygens (including phenoxy) is 1. The first-order chi connectivity index (χ1) is 5.15. The van der Waals surface area contributed by atoms with Crippen LogP contribution in [0.25, 0.3) is 0 Å². The predicted molar refractivity (Wildman–Crippen MR) is 50.7 cm³/mol. The van der Waals surface area contributed by atoms with Gasteiger partial charge >= 0.3 is 0 Å². The maximum Gasteiger partial charge on any atom is 0.166 e. The van der Waals surface area contributed by atoms with Crippen LogP contribution in [0.2, 0.25) is 5.02 Å². The minimum atomic E-state index is -0.432. The molecule has 60 valence electrons. The Labute approximate surface area is 82.6 Å². The molecule has 1 aromatic rings. The van der Waals surface area contributed by atoms with Crippen LogP contribution in [0, 0.1) is 9.39 Å². The van der Waals surface area contributed by atoms with E-state index in [1.807, 2.05) is 22.6 Å². The van der Waals surface area contributed by atoms with Crippen molar-refractivity contribution in [3.8, 4) is 5.75 Å². The second kappa shape index (κ2) is 3.58. The molecule has 0 aromatic heterocycles. The molecule has 0 amide bonds. The van der Waals surface area contributed by atoms with Gasteiger partial charge in [-0.2, -0.15) is 0 Å². The molecule has 0 fully saturated rings. The van der Waals surface area contributed by atoms with E-state index in [2.05, 4.69) is 0 Å². The molecule has 0 saturated heterocycles. The zero-order valence-electron chi connectivity index (χ0n) is 5.70. The van der Waals surface area contributed by atoms with E-state index in [9.17, 15) is 4.39 Å². The summed E-state index contributed by atoms with van der Waals surface area (Å²) in [7, 11) is 1.42. The lowest BCUT2D eigenvalue weighted by Gasteiger charge is -2.02. The number of methoxy groups -OCH3 is 1. The molecule has 1 rings (SSSR count). The van der Waals surface area contributed by atoms with Crippen molar-refractivity contribution in [1.29, 1.82) is 0 Å². The van der Waals surface area contributed by atoms with Crippen LogP contribution in [0.5, 0.6) is 5.75 Å². The molecule has 0 bridgehead atoms. The van der Waals surface area contributed by atoms with E-state index in [4.69, 9.17) is 16.3 Å². The number of hydrogen-bond acceptors (Lipinski definition) is 1. The van der Waals surface area contributed by atoms with Crippen molar-refractivity contribution in [3.63, 3.8) is 0 Å². The van der Waals surface area contributed by atoms with Crippen molar-refractivity contribution in [1.82, 2.24) is 0 Å². The molecule has 4 heteroatoms. The predicted octanol–water partition coefficient (Wildman–Crippen LogP) is 3.09. The van der Waals surface area contributed by atoms with Crippen LogP contribution in [0.1, 0.15) is 0 Å². The molecular formula is C7H5ClFIO. The van der Waals surface area contributed by atoms with Gasteiger partial charge in [0.05, 0.1) is 12.1 Å². The quantitative estimate of drug-likeness (QED) is 0.569. The van der Waals surface area contributed by atoms with Gasteiger partial charge in [-0.3, -0.25) is 0 Å². The Hall–Kier alpha value is -0.0300. The zero-order chi connectivity index (χ0) is 8.43. The molecule has 0 aliphatic carbocycles. The lowest BCUT2D eigenvalue weighted by molar-refractivity contribution is 0.386. The first-order valence-electron chi connectivity index (χ1n) is 2.83. The second-order valence-corrected chi connectivity index (χ2v) is 3.47. The van der Waals surface area contributed by atoms with Crippen LogP contribution in [0.3, 0.4) is 0 Å². The van der Waals surface area contributed by atoms with Gasteiger partial charge in [-0.25, -0.2) is 4.39 Å². The second-order valence-electron chi connectivity index (χ2n) is 1.90. The third-order valence-corrected chi connectivity index (χ3v) is 2.72. The highest BCUT2D eigenvalue weighted by atomic mass is 127. The summed E-state index contributed by atoms with van der Waals surface area (Å²) in [5.41, 5.74) is 0. The van der Waals surface area contributed by atoms with Gasteiger partial charge in [0.15, 0.2) is 11.6 Å². The van der Waals surface area contributed by atoms with Gasteiger partial charge in [0.2, 0.25) is 0 Å². The van der Waals surface area contributed by atoms with E-state index in [1.165, 1.54) is 13.2 Å². The molecule has 11 heavy (non-hydrogen) atoms. The van der Waals surface area contributed by atoms with Gasteiger partial charge in [-0.15, -0.1) is 0 Å². The summed E-state index contributed by atoms with van der Waals surface area (Å²) in [6.07, 6.45) is 0. The van der Waals surface area contributed by atoms with Crippen LogP contribution >= 0.6 is 34.2 Å². The highest BCUT2D eigenvalue weighted by Gasteiger charge is 2.05. The Morgan fingerprint density at radius 3 is 2.73 bits per heavy atom. The SMILES string of the molecule is COc1cc(I)c(Cl)cc1F. The first kappa shape index (κ1) is 9.06. The summed E-state index contributed by atoms with van der Waals surface area (Å²) in [6, 6.07) is 2.79. The Morgan fingerprint density at radius 2 is 2.18 bits per heavy atom. The third kappa shape index (κ3) is 1.96. The Bertz CT molecular complexity index is 277. The lowest BCUT2D eigenvalue weighted by Crippen LogP contribution is -1.88. The third-order valence-electron chi connectivity index (χ3n) is 1.19. The molecule has 0 N–H and O–H groups in total. The molecule has 0 spiro atoms. The van der Waals surface area contributed by atoms with Crippen LogP contribution in [-0.2, 0) is 0 Å². The van der Waals surface area contributed by atoms with Gasteiger partial charge in [0.25, 0.3) is 0 Å². The fraction of sp³-hybridized carbons (Fsp3) is 0.143. The molecule has 0 heterocycles. The summed E-state index contributed by atoms with van der Waals surface area (Å²) >= 11 is 7.65. The van der Waals surface area contributed by atoms with E-state index in [-0.39, 0.29) is 5.75 Å². The highest BCUT2D eigenvalue weighted by molar-refractivity contribution is 14.1. The number of benzene rings is 1. The summed E-state index contributed by atoms with van der Waals surface area (Å²) in [6.45, 7) is 0. The van der Waals surface area contributed by atoms with Gasteiger partial charge in [0.1, 0.15) is 0 Å². The largest absolute Gasteiger partial charge is 0.494 e. The van der Waals surface area contributed by atoms with E-state index < -0.39 is 5.82 Å². The van der Waals surface area contributed by atoms with Gasteiger partial charge in [-0.1, -0.05) is 11.6 Å². The normalized spacial score (nSPS) is 9.82. The minimum Gasteiger partial charge on any atom is -0.494 e. The van der Waals surface area contributed by atoms with E-state index in [0.717, 1.165) is 3.57 Å². The summed E-state index contributed by atoms with van der Waals surface area (Å²) in [5, 5.41) is 0.406. The van der Waals surface area contributed by atoms with Crippen molar-refractivity contribution >= 4 is 34.2 Å². The van der Waals surface area contributed by atoms with Crippen molar-refractivity contribution in [2.75, 3.05) is 7.11 Å². The molecule has 0 saturated carbocycles. The van der Waals surface area contributed by atoms with Crippen LogP contribution < -0.4 is 4.74 Å². The molecule has 1 nitrogen and oxygen atoms in total. The Kier molecular flexibility index (Phi) is 2.95. The Balaban J connectivity index is 3.21. The van der Waals surface area contributed by atoms with Crippen LogP contribution in [0.15, 0.2) is 12.1 Å². The van der Waals surface area contributed by atoms with Gasteiger partial charge < -0.3 is 4.74 Å². The molecule has 0 aliphatic rings. The van der Waals surface area contributed by atoms with Crippen LogP contribution in [0.4, 0.5) is 4.39 Å². The minimum absolute atomic E-state index is 0.221. The maximum atomic E-state index is 12.8.